The van der Waals surface area contributed by atoms with Crippen LogP contribution in [0.2, 0.25) is 0 Å². The van der Waals surface area contributed by atoms with Crippen molar-refractivity contribution < 1.29 is 30.7 Å². The van der Waals surface area contributed by atoms with Crippen LogP contribution in [-0.2, 0) is 0 Å². The second-order valence-electron chi connectivity index (χ2n) is 4.42. The van der Waals surface area contributed by atoms with E-state index in [2.05, 4.69) is 5.32 Å². The van der Waals surface area contributed by atoms with Gasteiger partial charge in [-0.1, -0.05) is 11.6 Å². The molecule has 20 heavy (non-hydrogen) atoms. The maximum Gasteiger partial charge on any atom is 0.380 e. The molecule has 118 valence electrons. The Bertz CT molecular complexity index is 410. The second kappa shape index (κ2) is 5.34. The summed E-state index contributed by atoms with van der Waals surface area (Å²) in [7, 11) is 2.43. The predicted octanol–water partition coefficient (Wildman–Crippen LogP) is 2.85. The molecule has 0 aromatic rings. The highest BCUT2D eigenvalue weighted by molar-refractivity contribution is 6.30. The van der Waals surface area contributed by atoms with E-state index in [1.54, 1.807) is 0 Å². The van der Waals surface area contributed by atoms with Gasteiger partial charge in [0.2, 0.25) is 0 Å². The molecule has 1 atom stereocenters. The van der Waals surface area contributed by atoms with E-state index in [-0.39, 0.29) is 13.1 Å². The molecule has 0 aromatic carbocycles. The molecule has 0 heterocycles. The zero-order chi connectivity index (χ0) is 15.9. The van der Waals surface area contributed by atoms with E-state index < -0.39 is 34.7 Å². The molecule has 0 radical (unpaired) electrons. The Kier molecular flexibility index (Phi) is 4.68. The maximum absolute atomic E-state index is 13.7. The van der Waals surface area contributed by atoms with Gasteiger partial charge in [0.05, 0.1) is 5.03 Å². The van der Waals surface area contributed by atoms with Gasteiger partial charge in [-0.15, -0.1) is 0 Å². The van der Waals surface area contributed by atoms with E-state index in [4.69, 9.17) is 11.6 Å². The lowest BCUT2D eigenvalue weighted by atomic mass is 9.89. The third-order valence-corrected chi connectivity index (χ3v) is 3.41. The summed E-state index contributed by atoms with van der Waals surface area (Å²) >= 11 is 5.15. The maximum atomic E-state index is 13.7. The molecule has 2 nitrogen and oxygen atoms in total. The van der Waals surface area contributed by atoms with E-state index in [9.17, 15) is 30.7 Å². The van der Waals surface area contributed by atoms with Gasteiger partial charge in [0, 0.05) is 13.1 Å². The van der Waals surface area contributed by atoms with Crippen molar-refractivity contribution in [1.82, 2.24) is 10.2 Å². The first-order valence-electron chi connectivity index (χ1n) is 5.46. The molecule has 0 saturated heterocycles. The zero-order valence-corrected chi connectivity index (χ0v) is 11.2. The van der Waals surface area contributed by atoms with Gasteiger partial charge >= 0.3 is 17.8 Å². The fourth-order valence-electron chi connectivity index (χ4n) is 1.84. The van der Waals surface area contributed by atoms with Gasteiger partial charge in [0.25, 0.3) is 0 Å². The largest absolute Gasteiger partial charge is 0.380 e. The van der Waals surface area contributed by atoms with Crippen LogP contribution in [0.25, 0.3) is 0 Å². The van der Waals surface area contributed by atoms with Gasteiger partial charge < -0.3 is 5.32 Å². The Morgan fingerprint density at radius 1 is 1.20 bits per heavy atom. The Morgan fingerprint density at radius 3 is 2.15 bits per heavy atom. The van der Waals surface area contributed by atoms with Crippen molar-refractivity contribution in [2.75, 3.05) is 27.2 Å². The molecule has 1 aliphatic carbocycles. The molecule has 1 N–H and O–H groups in total. The Morgan fingerprint density at radius 2 is 1.70 bits per heavy atom. The van der Waals surface area contributed by atoms with Gasteiger partial charge in [-0.25, -0.2) is 4.39 Å². The van der Waals surface area contributed by atoms with Crippen molar-refractivity contribution in [3.05, 3.63) is 10.9 Å². The second-order valence-corrected chi connectivity index (χ2v) is 4.83. The number of hydrogen-bond donors (Lipinski definition) is 1. The van der Waals surface area contributed by atoms with Crippen LogP contribution in [0, 0.1) is 0 Å². The number of allylic oxidation sites excluding steroid dienone is 1. The monoisotopic (exact) mass is 328 g/mol. The summed E-state index contributed by atoms with van der Waals surface area (Å²) in [6.45, 7) is -0.126. The third-order valence-electron chi connectivity index (χ3n) is 3.04. The Labute approximate surface area is 115 Å². The number of rotatable bonds is 4. The van der Waals surface area contributed by atoms with E-state index in [1.165, 1.54) is 7.05 Å². The third kappa shape index (κ3) is 2.29. The van der Waals surface area contributed by atoms with Gasteiger partial charge in [0.15, 0.2) is 5.83 Å². The lowest BCUT2D eigenvalue weighted by Gasteiger charge is -2.43. The van der Waals surface area contributed by atoms with Crippen LogP contribution in [0.3, 0.4) is 0 Å². The molecule has 0 aliphatic heterocycles. The average Bonchev–Trinajstić information content (AvgIpc) is 2.33. The van der Waals surface area contributed by atoms with Crippen LogP contribution in [0.15, 0.2) is 10.9 Å². The van der Waals surface area contributed by atoms with Crippen LogP contribution in [0.1, 0.15) is 0 Å². The number of nitrogens with one attached hydrogen (secondary N) is 1. The summed E-state index contributed by atoms with van der Waals surface area (Å²) in [6, 6.07) is -2.66. The van der Waals surface area contributed by atoms with Crippen LogP contribution in [-0.4, -0.2) is 55.9 Å². The standard InChI is InChI=1S/C10H12ClF7N2/c1-19-3-4-20(2)7-5(11)6(12)8(13,14)10(17,18)9(7,15)16/h7,19H,3-4H2,1-2H3. The van der Waals surface area contributed by atoms with Crippen molar-refractivity contribution in [2.24, 2.45) is 0 Å². The van der Waals surface area contributed by atoms with Crippen molar-refractivity contribution in [3.63, 3.8) is 0 Å². The minimum atomic E-state index is -5.87. The topological polar surface area (TPSA) is 15.3 Å². The predicted molar refractivity (Wildman–Crippen MR) is 59.2 cm³/mol. The normalized spacial score (nSPS) is 28.1. The van der Waals surface area contributed by atoms with E-state index in [0.29, 0.717) is 4.90 Å². The summed E-state index contributed by atoms with van der Waals surface area (Å²) in [4.78, 5) is 0.599. The average molecular weight is 329 g/mol. The lowest BCUT2D eigenvalue weighted by molar-refractivity contribution is -0.320. The zero-order valence-electron chi connectivity index (χ0n) is 10.5. The highest BCUT2D eigenvalue weighted by Gasteiger charge is 2.80. The van der Waals surface area contributed by atoms with Crippen molar-refractivity contribution in [1.29, 1.82) is 0 Å². The van der Waals surface area contributed by atoms with Crippen LogP contribution >= 0.6 is 11.6 Å². The van der Waals surface area contributed by atoms with Crippen LogP contribution in [0.4, 0.5) is 30.7 Å². The molecular weight excluding hydrogens is 317 g/mol. The minimum Gasteiger partial charge on any atom is -0.318 e. The Hall–Kier alpha value is -0.540. The lowest BCUT2D eigenvalue weighted by Crippen LogP contribution is -2.66. The molecule has 1 unspecified atom stereocenters. The van der Waals surface area contributed by atoms with E-state index >= 15 is 0 Å². The first kappa shape index (κ1) is 17.5. The first-order valence-corrected chi connectivity index (χ1v) is 5.84. The molecule has 0 amide bonds. The number of likely N-dealkylation sites (N-methyl/N-ethyl adjacent to an activating group) is 2. The fraction of sp³-hybridized carbons (Fsp3) is 0.800. The molecule has 10 heteroatoms. The van der Waals surface area contributed by atoms with Crippen LogP contribution < -0.4 is 5.32 Å². The summed E-state index contributed by atoms with van der Waals surface area (Å²) < 4.78 is 93.1. The molecule has 0 aromatic heterocycles. The van der Waals surface area contributed by atoms with E-state index in [0.717, 1.165) is 7.05 Å². The first-order chi connectivity index (χ1) is 8.92. The Balaban J connectivity index is 3.33. The molecule has 1 aliphatic rings. The summed E-state index contributed by atoms with van der Waals surface area (Å²) in [5.74, 6) is -19.5. The minimum absolute atomic E-state index is 0.0941. The summed E-state index contributed by atoms with van der Waals surface area (Å²) in [6.07, 6.45) is 0. The highest BCUT2D eigenvalue weighted by Crippen LogP contribution is 2.57. The SMILES string of the molecule is CNCCN(C)C1C(Cl)=C(F)C(F)(F)C(F)(F)C1(F)F. The fourth-order valence-corrected chi connectivity index (χ4v) is 2.26. The molecule has 0 spiro atoms. The van der Waals surface area contributed by atoms with Gasteiger partial charge in [0.1, 0.15) is 6.04 Å². The van der Waals surface area contributed by atoms with Gasteiger partial charge in [-0.2, -0.15) is 26.3 Å². The number of alkyl halides is 6. The molecule has 0 bridgehead atoms. The quantitative estimate of drug-likeness (QED) is 0.798. The number of nitrogens with zero attached hydrogens (tertiary/aromatic N) is 1. The van der Waals surface area contributed by atoms with Gasteiger partial charge in [-0.05, 0) is 14.1 Å². The summed E-state index contributed by atoms with van der Waals surface area (Å²) in [5.41, 5.74) is 0. The molecular formula is C10H12ClF7N2. The van der Waals surface area contributed by atoms with Crippen molar-refractivity contribution >= 4 is 11.6 Å². The molecule has 0 saturated carbocycles. The van der Waals surface area contributed by atoms with Crippen molar-refractivity contribution in [2.45, 2.75) is 23.8 Å². The number of hydrogen-bond acceptors (Lipinski definition) is 2. The smallest absolute Gasteiger partial charge is 0.318 e. The van der Waals surface area contributed by atoms with Crippen molar-refractivity contribution in [3.8, 4) is 0 Å². The number of halogens is 8. The highest BCUT2D eigenvalue weighted by atomic mass is 35.5. The van der Waals surface area contributed by atoms with Gasteiger partial charge in [-0.3, -0.25) is 4.90 Å². The molecule has 0 fully saturated rings. The molecule has 1 rings (SSSR count). The van der Waals surface area contributed by atoms with E-state index in [1.807, 2.05) is 0 Å². The summed E-state index contributed by atoms with van der Waals surface area (Å²) in [5, 5.41) is 0.946. The van der Waals surface area contributed by atoms with Crippen LogP contribution in [0.5, 0.6) is 0 Å².